The number of rotatable bonds is 8. The summed E-state index contributed by atoms with van der Waals surface area (Å²) in [5, 5.41) is 13.5. The van der Waals surface area contributed by atoms with Crippen LogP contribution in [0.5, 0.6) is 5.75 Å². The first kappa shape index (κ1) is 18.9. The van der Waals surface area contributed by atoms with E-state index in [2.05, 4.69) is 5.32 Å². The van der Waals surface area contributed by atoms with Crippen LogP contribution in [0, 0.1) is 10.1 Å². The number of nitrogens with two attached hydrogens (primary N) is 1. The molecular weight excluding hydrogens is 338 g/mol. The number of carbonyl (C=O) groups is 2. The molecule has 2 aromatic rings. The van der Waals surface area contributed by atoms with Gasteiger partial charge < -0.3 is 15.8 Å². The Balaban J connectivity index is 1.87. The van der Waals surface area contributed by atoms with Gasteiger partial charge in [-0.25, -0.2) is 0 Å². The maximum absolute atomic E-state index is 12.0. The Bertz CT molecular complexity index is 805. The molecule has 0 radical (unpaired) electrons. The van der Waals surface area contributed by atoms with Crippen molar-refractivity contribution in [3.05, 3.63) is 69.8 Å². The number of primary amides is 1. The Kier molecular flexibility index (Phi) is 6.26. The van der Waals surface area contributed by atoms with Gasteiger partial charge in [0, 0.05) is 12.1 Å². The number of carbonyl (C=O) groups excluding carboxylic acids is 2. The zero-order valence-electron chi connectivity index (χ0n) is 14.2. The quantitative estimate of drug-likeness (QED) is 0.551. The maximum atomic E-state index is 12.0. The predicted molar refractivity (Wildman–Crippen MR) is 94.5 cm³/mol. The van der Waals surface area contributed by atoms with Crippen molar-refractivity contribution in [2.75, 3.05) is 6.61 Å². The molecule has 8 nitrogen and oxygen atoms in total. The lowest BCUT2D eigenvalue weighted by Gasteiger charge is -2.14. The van der Waals surface area contributed by atoms with E-state index in [1.54, 1.807) is 43.3 Å². The van der Waals surface area contributed by atoms with Gasteiger partial charge in [-0.1, -0.05) is 24.3 Å². The molecule has 26 heavy (non-hydrogen) atoms. The molecule has 2 rings (SSSR count). The molecule has 0 aliphatic heterocycles. The fourth-order valence-corrected chi connectivity index (χ4v) is 2.33. The fraction of sp³-hybridized carbons (Fsp3) is 0.222. The predicted octanol–water partition coefficient (Wildman–Crippen LogP) is 1.88. The molecule has 0 saturated heterocycles. The normalized spacial score (nSPS) is 11.4. The van der Waals surface area contributed by atoms with Gasteiger partial charge in [0.05, 0.1) is 17.4 Å². The lowest BCUT2D eigenvalue weighted by molar-refractivity contribution is -0.384. The molecule has 2 amide bonds. The molecule has 1 atom stereocenters. The molecule has 0 saturated carbocycles. The smallest absolute Gasteiger partial charge is 0.269 e. The number of benzene rings is 2. The number of amides is 2. The van der Waals surface area contributed by atoms with Crippen LogP contribution in [0.2, 0.25) is 0 Å². The van der Waals surface area contributed by atoms with Gasteiger partial charge in [-0.15, -0.1) is 0 Å². The zero-order valence-corrected chi connectivity index (χ0v) is 14.2. The number of nitro groups is 1. The molecule has 0 bridgehead atoms. The number of hydrogen-bond acceptors (Lipinski definition) is 5. The SMILES string of the molecule is CC(NC(=O)COc1ccc(CC(N)=O)cc1)c1cccc([N+](=O)[O-])c1. The Morgan fingerprint density at radius 3 is 2.54 bits per heavy atom. The second-order valence-electron chi connectivity index (χ2n) is 5.72. The Labute approximate surface area is 150 Å². The zero-order chi connectivity index (χ0) is 19.1. The minimum Gasteiger partial charge on any atom is -0.484 e. The highest BCUT2D eigenvalue weighted by atomic mass is 16.6. The Morgan fingerprint density at radius 2 is 1.92 bits per heavy atom. The molecule has 2 aromatic carbocycles. The molecule has 8 heteroatoms. The molecular formula is C18H19N3O5. The van der Waals surface area contributed by atoms with Crippen molar-refractivity contribution in [1.82, 2.24) is 5.32 Å². The van der Waals surface area contributed by atoms with E-state index in [0.29, 0.717) is 11.3 Å². The largest absolute Gasteiger partial charge is 0.484 e. The maximum Gasteiger partial charge on any atom is 0.269 e. The second kappa shape index (κ2) is 8.61. The summed E-state index contributed by atoms with van der Waals surface area (Å²) in [6.07, 6.45) is 0.140. The van der Waals surface area contributed by atoms with Gasteiger partial charge in [0.2, 0.25) is 5.91 Å². The number of non-ortho nitro benzene ring substituents is 1. The average Bonchev–Trinajstić information content (AvgIpc) is 2.60. The summed E-state index contributed by atoms with van der Waals surface area (Å²) in [7, 11) is 0. The van der Waals surface area contributed by atoms with Crippen LogP contribution in [0.1, 0.15) is 24.1 Å². The van der Waals surface area contributed by atoms with E-state index in [4.69, 9.17) is 10.5 Å². The van der Waals surface area contributed by atoms with Crippen molar-refractivity contribution in [2.24, 2.45) is 5.73 Å². The highest BCUT2D eigenvalue weighted by Gasteiger charge is 2.13. The van der Waals surface area contributed by atoms with E-state index < -0.39 is 16.9 Å². The number of nitrogens with one attached hydrogen (secondary N) is 1. The van der Waals surface area contributed by atoms with Gasteiger partial charge in [-0.3, -0.25) is 19.7 Å². The summed E-state index contributed by atoms with van der Waals surface area (Å²) in [6.45, 7) is 1.53. The molecule has 0 aromatic heterocycles. The van der Waals surface area contributed by atoms with Crippen molar-refractivity contribution >= 4 is 17.5 Å². The molecule has 1 unspecified atom stereocenters. The van der Waals surface area contributed by atoms with E-state index in [1.807, 2.05) is 0 Å². The average molecular weight is 357 g/mol. The van der Waals surface area contributed by atoms with E-state index in [0.717, 1.165) is 5.56 Å². The second-order valence-corrected chi connectivity index (χ2v) is 5.72. The van der Waals surface area contributed by atoms with Crippen molar-refractivity contribution in [3.63, 3.8) is 0 Å². The van der Waals surface area contributed by atoms with Gasteiger partial charge >= 0.3 is 0 Å². The molecule has 0 heterocycles. The first-order valence-corrected chi connectivity index (χ1v) is 7.89. The third kappa shape index (κ3) is 5.59. The third-order valence-electron chi connectivity index (χ3n) is 3.63. The van der Waals surface area contributed by atoms with Gasteiger partial charge in [-0.2, -0.15) is 0 Å². The first-order valence-electron chi connectivity index (χ1n) is 7.89. The highest BCUT2D eigenvalue weighted by molar-refractivity contribution is 5.78. The van der Waals surface area contributed by atoms with E-state index in [1.165, 1.54) is 12.1 Å². The summed E-state index contributed by atoms with van der Waals surface area (Å²) in [4.78, 5) is 33.2. The van der Waals surface area contributed by atoms with Crippen LogP contribution in [0.4, 0.5) is 5.69 Å². The van der Waals surface area contributed by atoms with Gasteiger partial charge in [-0.05, 0) is 30.2 Å². The Hall–Kier alpha value is -3.42. The molecule has 0 aliphatic carbocycles. The number of nitrogens with zero attached hydrogens (tertiary/aromatic N) is 1. The summed E-state index contributed by atoms with van der Waals surface area (Å²) >= 11 is 0. The minimum absolute atomic E-state index is 0.0316. The van der Waals surface area contributed by atoms with Gasteiger partial charge in [0.1, 0.15) is 5.75 Å². The van der Waals surface area contributed by atoms with Crippen molar-refractivity contribution in [3.8, 4) is 5.75 Å². The van der Waals surface area contributed by atoms with E-state index in [9.17, 15) is 19.7 Å². The van der Waals surface area contributed by atoms with Crippen LogP contribution >= 0.6 is 0 Å². The lowest BCUT2D eigenvalue weighted by atomic mass is 10.1. The number of ether oxygens (including phenoxy) is 1. The van der Waals surface area contributed by atoms with Crippen LogP contribution < -0.4 is 15.8 Å². The molecule has 3 N–H and O–H groups in total. The third-order valence-corrected chi connectivity index (χ3v) is 3.63. The topological polar surface area (TPSA) is 125 Å². The molecule has 136 valence electrons. The van der Waals surface area contributed by atoms with E-state index in [-0.39, 0.29) is 24.6 Å². The molecule has 0 spiro atoms. The van der Waals surface area contributed by atoms with Gasteiger partial charge in [0.15, 0.2) is 6.61 Å². The fourth-order valence-electron chi connectivity index (χ4n) is 2.33. The standard InChI is InChI=1S/C18H19N3O5/c1-12(14-3-2-4-15(10-14)21(24)25)20-18(23)11-26-16-7-5-13(6-8-16)9-17(19)22/h2-8,10,12H,9,11H2,1H3,(H2,19,22)(H,20,23). The van der Waals surface area contributed by atoms with Crippen molar-refractivity contribution in [2.45, 2.75) is 19.4 Å². The highest BCUT2D eigenvalue weighted by Crippen LogP contribution is 2.19. The summed E-state index contributed by atoms with van der Waals surface area (Å²) < 4.78 is 5.39. The monoisotopic (exact) mass is 357 g/mol. The summed E-state index contributed by atoms with van der Waals surface area (Å²) in [5.41, 5.74) is 6.48. The van der Waals surface area contributed by atoms with Crippen LogP contribution in [0.25, 0.3) is 0 Å². The van der Waals surface area contributed by atoms with Crippen LogP contribution in [0.15, 0.2) is 48.5 Å². The minimum atomic E-state index is -0.483. The summed E-state index contributed by atoms with van der Waals surface area (Å²) in [5.74, 6) is -0.297. The molecule has 0 aliphatic rings. The van der Waals surface area contributed by atoms with Crippen molar-refractivity contribution in [1.29, 1.82) is 0 Å². The number of hydrogen-bond donors (Lipinski definition) is 2. The Morgan fingerprint density at radius 1 is 1.23 bits per heavy atom. The summed E-state index contributed by atoms with van der Waals surface area (Å²) in [6, 6.07) is 12.4. The molecule has 0 fully saturated rings. The first-order chi connectivity index (χ1) is 12.3. The van der Waals surface area contributed by atoms with E-state index >= 15 is 0 Å². The van der Waals surface area contributed by atoms with Crippen LogP contribution in [0.3, 0.4) is 0 Å². The van der Waals surface area contributed by atoms with Crippen LogP contribution in [-0.2, 0) is 16.0 Å². The number of nitro benzene ring substituents is 1. The van der Waals surface area contributed by atoms with Gasteiger partial charge in [0.25, 0.3) is 11.6 Å². The van der Waals surface area contributed by atoms with Crippen LogP contribution in [-0.4, -0.2) is 23.3 Å². The van der Waals surface area contributed by atoms with Crippen molar-refractivity contribution < 1.29 is 19.2 Å². The lowest BCUT2D eigenvalue weighted by Crippen LogP contribution is -2.31.